The molecule has 0 amide bonds. The molecule has 0 fully saturated rings. The van der Waals surface area contributed by atoms with Gasteiger partial charge in [-0.3, -0.25) is 18.9 Å². The maximum absolute atomic E-state index is 12.9. The number of azo groups is 1. The van der Waals surface area contributed by atoms with Gasteiger partial charge in [-0.25, -0.2) is 18.4 Å². The van der Waals surface area contributed by atoms with Crippen LogP contribution in [0.25, 0.3) is 17.0 Å². The van der Waals surface area contributed by atoms with Crippen LogP contribution in [0.3, 0.4) is 0 Å². The lowest BCUT2D eigenvalue weighted by molar-refractivity contribution is 0.322. The summed E-state index contributed by atoms with van der Waals surface area (Å²) in [6, 6.07) is 12.7. The number of pyridine rings is 1. The number of sulfonamides is 1. The number of nitrogens with zero attached hydrogens (tertiary/aromatic N) is 5. The average Bonchev–Trinajstić information content (AvgIpc) is 3.10. The van der Waals surface area contributed by atoms with Crippen LogP contribution in [0.15, 0.2) is 63.7 Å². The van der Waals surface area contributed by atoms with Crippen molar-refractivity contribution in [2.75, 3.05) is 17.6 Å². The monoisotopic (exact) mass is 467 g/mol. The maximum atomic E-state index is 12.9. The first-order chi connectivity index (χ1) is 15.8. The maximum Gasteiger partial charge on any atom is 0.284 e. The minimum atomic E-state index is -3.58. The van der Waals surface area contributed by atoms with E-state index in [2.05, 4.69) is 29.9 Å². The highest BCUT2D eigenvalue weighted by Crippen LogP contribution is 2.32. The summed E-state index contributed by atoms with van der Waals surface area (Å²) in [7, 11) is -3.58. The molecule has 2 N–H and O–H groups in total. The van der Waals surface area contributed by atoms with Gasteiger partial charge in [0, 0.05) is 11.8 Å². The molecule has 3 heterocycles. The number of benzene rings is 1. The van der Waals surface area contributed by atoms with E-state index in [1.807, 2.05) is 37.3 Å². The van der Waals surface area contributed by atoms with Crippen LogP contribution >= 0.6 is 0 Å². The molecule has 0 bridgehead atoms. The van der Waals surface area contributed by atoms with Crippen molar-refractivity contribution < 1.29 is 13.2 Å². The van der Waals surface area contributed by atoms with Crippen molar-refractivity contribution in [2.45, 2.75) is 13.8 Å². The van der Waals surface area contributed by atoms with Gasteiger partial charge in [-0.15, -0.1) is 10.2 Å². The molecule has 3 aromatic heterocycles. The van der Waals surface area contributed by atoms with Gasteiger partial charge in [0.25, 0.3) is 5.56 Å². The molecule has 4 aromatic rings. The Balaban J connectivity index is 1.87. The summed E-state index contributed by atoms with van der Waals surface area (Å²) in [5.41, 5.74) is 1.81. The molecule has 0 spiro atoms. The lowest BCUT2D eigenvalue weighted by atomic mass is 10.1. The van der Waals surface area contributed by atoms with Crippen LogP contribution in [0, 0.1) is 6.92 Å². The molecule has 0 aliphatic rings. The van der Waals surface area contributed by atoms with Crippen LogP contribution in [-0.4, -0.2) is 40.6 Å². The number of anilines is 1. The number of aromatic amines is 1. The SMILES string of the molecule is CCOc1c(/N=N/c2cccnc2NS(C)(=O)=O)c(=O)[nH]c2nc(-c3ccccc3)c(C)n12. The molecule has 0 atom stereocenters. The van der Waals surface area contributed by atoms with Crippen molar-refractivity contribution in [3.8, 4) is 17.1 Å². The number of H-pyrrole nitrogens is 1. The Morgan fingerprint density at radius 1 is 1.15 bits per heavy atom. The molecule has 0 unspecified atom stereocenters. The molecular weight excluding hydrogens is 446 g/mol. The highest BCUT2D eigenvalue weighted by molar-refractivity contribution is 7.92. The predicted molar refractivity (Wildman–Crippen MR) is 124 cm³/mol. The summed E-state index contributed by atoms with van der Waals surface area (Å²) in [6.07, 6.45) is 2.41. The first-order valence-electron chi connectivity index (χ1n) is 9.96. The van der Waals surface area contributed by atoms with E-state index in [0.717, 1.165) is 17.5 Å². The van der Waals surface area contributed by atoms with Gasteiger partial charge < -0.3 is 4.74 Å². The Morgan fingerprint density at radius 2 is 1.91 bits per heavy atom. The Hall–Kier alpha value is -4.06. The largest absolute Gasteiger partial charge is 0.477 e. The van der Waals surface area contributed by atoms with E-state index >= 15 is 0 Å². The van der Waals surface area contributed by atoms with Gasteiger partial charge in [0.15, 0.2) is 5.82 Å². The second-order valence-corrected chi connectivity index (χ2v) is 8.81. The van der Waals surface area contributed by atoms with E-state index in [1.54, 1.807) is 17.4 Å². The second kappa shape index (κ2) is 8.82. The Labute approximate surface area is 189 Å². The van der Waals surface area contributed by atoms with Crippen LogP contribution in [0.2, 0.25) is 0 Å². The molecule has 0 radical (unpaired) electrons. The number of nitrogens with one attached hydrogen (secondary N) is 2. The van der Waals surface area contributed by atoms with Gasteiger partial charge in [-0.05, 0) is 26.0 Å². The van der Waals surface area contributed by atoms with E-state index in [0.29, 0.717) is 11.5 Å². The van der Waals surface area contributed by atoms with Crippen LogP contribution in [0.5, 0.6) is 5.88 Å². The summed E-state index contributed by atoms with van der Waals surface area (Å²) < 4.78 is 33.0. The molecule has 12 heteroatoms. The van der Waals surface area contributed by atoms with Gasteiger partial charge in [0.1, 0.15) is 5.69 Å². The molecule has 1 aromatic carbocycles. The highest BCUT2D eigenvalue weighted by atomic mass is 32.2. The minimum absolute atomic E-state index is 0.00982. The molecule has 11 nitrogen and oxygen atoms in total. The Kier molecular flexibility index (Phi) is 5.92. The van der Waals surface area contributed by atoms with Crippen molar-refractivity contribution in [1.82, 2.24) is 19.4 Å². The van der Waals surface area contributed by atoms with Crippen molar-refractivity contribution >= 4 is 33.0 Å². The van der Waals surface area contributed by atoms with Gasteiger partial charge in [0.2, 0.25) is 27.4 Å². The zero-order valence-electron chi connectivity index (χ0n) is 18.1. The summed E-state index contributed by atoms with van der Waals surface area (Å²) in [4.78, 5) is 24.1. The quantitative estimate of drug-likeness (QED) is 0.398. The lowest BCUT2D eigenvalue weighted by Crippen LogP contribution is -2.13. The van der Waals surface area contributed by atoms with Crippen LogP contribution in [0.1, 0.15) is 12.6 Å². The molecule has 0 saturated heterocycles. The first kappa shape index (κ1) is 22.1. The molecule has 33 heavy (non-hydrogen) atoms. The molecular formula is C21H21N7O4S. The van der Waals surface area contributed by atoms with Gasteiger partial charge in [-0.1, -0.05) is 30.3 Å². The first-order valence-corrected chi connectivity index (χ1v) is 11.9. The smallest absolute Gasteiger partial charge is 0.284 e. The summed E-state index contributed by atoms with van der Waals surface area (Å²) >= 11 is 0. The summed E-state index contributed by atoms with van der Waals surface area (Å²) in [5, 5.41) is 8.16. The number of aromatic nitrogens is 4. The zero-order valence-corrected chi connectivity index (χ0v) is 18.9. The topological polar surface area (TPSA) is 143 Å². The minimum Gasteiger partial charge on any atom is -0.477 e. The molecule has 0 aliphatic carbocycles. The Bertz CT molecular complexity index is 1510. The third kappa shape index (κ3) is 4.60. The van der Waals surface area contributed by atoms with Crippen LogP contribution in [-0.2, 0) is 10.0 Å². The van der Waals surface area contributed by atoms with Crippen LogP contribution < -0.4 is 15.0 Å². The average molecular weight is 468 g/mol. The van der Waals surface area contributed by atoms with Gasteiger partial charge in [-0.2, -0.15) is 0 Å². The number of imidazole rings is 1. The number of hydrogen-bond donors (Lipinski definition) is 2. The molecule has 4 rings (SSSR count). The van der Waals surface area contributed by atoms with Crippen LogP contribution in [0.4, 0.5) is 17.2 Å². The number of ether oxygens (including phenoxy) is 1. The standard InChI is InChI=1S/C21H21N7O4S/c1-4-32-20-17(26-25-15-11-8-12-22-18(15)27-33(3,30)31)19(29)24-21-23-16(13(2)28(20)21)14-9-6-5-7-10-14/h5-12H,4H2,1-3H3,(H,22,27)(H,23,24,29)/b26-25+. The third-order valence-corrected chi connectivity index (χ3v) is 5.17. The lowest BCUT2D eigenvalue weighted by Gasteiger charge is -2.10. The fourth-order valence-electron chi connectivity index (χ4n) is 3.26. The van der Waals surface area contributed by atoms with Crippen molar-refractivity contribution in [3.63, 3.8) is 0 Å². The third-order valence-electron chi connectivity index (χ3n) is 4.61. The van der Waals surface area contributed by atoms with Gasteiger partial charge in [0.05, 0.1) is 24.3 Å². The van der Waals surface area contributed by atoms with E-state index in [9.17, 15) is 13.2 Å². The highest BCUT2D eigenvalue weighted by Gasteiger charge is 2.20. The second-order valence-electron chi connectivity index (χ2n) is 7.06. The van der Waals surface area contributed by atoms with Gasteiger partial charge >= 0.3 is 0 Å². The summed E-state index contributed by atoms with van der Waals surface area (Å²) in [5.74, 6) is 0.470. The van der Waals surface area contributed by atoms with Crippen molar-refractivity contribution in [1.29, 1.82) is 0 Å². The molecule has 0 aliphatic heterocycles. The predicted octanol–water partition coefficient (Wildman–Crippen LogP) is 3.58. The zero-order chi connectivity index (χ0) is 23.6. The van der Waals surface area contributed by atoms with E-state index in [-0.39, 0.29) is 29.7 Å². The van der Waals surface area contributed by atoms with Crippen molar-refractivity contribution in [3.05, 3.63) is 64.7 Å². The number of fused-ring (bicyclic) bond motifs is 1. The van der Waals surface area contributed by atoms with E-state index in [4.69, 9.17) is 4.74 Å². The number of aryl methyl sites for hydroxylation is 1. The number of hydrogen-bond acceptors (Lipinski definition) is 8. The normalized spacial score (nSPS) is 11.8. The van der Waals surface area contributed by atoms with Crippen molar-refractivity contribution in [2.24, 2.45) is 10.2 Å². The van der Waals surface area contributed by atoms with E-state index in [1.165, 1.54) is 12.3 Å². The fourth-order valence-corrected chi connectivity index (χ4v) is 3.77. The molecule has 170 valence electrons. The molecule has 0 saturated carbocycles. The summed E-state index contributed by atoms with van der Waals surface area (Å²) in [6.45, 7) is 3.92. The fraction of sp³-hybridized carbons (Fsp3) is 0.190. The Morgan fingerprint density at radius 3 is 2.61 bits per heavy atom. The number of rotatable bonds is 7. The van der Waals surface area contributed by atoms with E-state index < -0.39 is 15.6 Å².